The highest BCUT2D eigenvalue weighted by Gasteiger charge is 2.27. The van der Waals surface area contributed by atoms with Crippen molar-refractivity contribution in [1.82, 2.24) is 34.7 Å². The molecule has 2 aromatic heterocycles. The lowest BCUT2D eigenvalue weighted by atomic mass is 10.1. The molecule has 13 heteroatoms. The Kier molecular flexibility index (Phi) is 9.56. The molecule has 1 aromatic carbocycles. The van der Waals surface area contributed by atoms with Crippen molar-refractivity contribution in [2.75, 3.05) is 33.9 Å². The van der Waals surface area contributed by atoms with Gasteiger partial charge in [-0.25, -0.2) is 9.67 Å². The van der Waals surface area contributed by atoms with Crippen molar-refractivity contribution in [1.29, 1.82) is 0 Å². The molecule has 2 heterocycles. The maximum atomic E-state index is 13.4. The van der Waals surface area contributed by atoms with Gasteiger partial charge in [-0.3, -0.25) is 9.59 Å². The zero-order chi connectivity index (χ0) is 27.3. The van der Waals surface area contributed by atoms with E-state index in [0.29, 0.717) is 23.9 Å². The van der Waals surface area contributed by atoms with Crippen LogP contribution >= 0.6 is 0 Å². The molecule has 0 saturated carbocycles. The van der Waals surface area contributed by atoms with E-state index in [4.69, 9.17) is 4.74 Å². The van der Waals surface area contributed by atoms with Crippen LogP contribution in [0.4, 0.5) is 0 Å². The summed E-state index contributed by atoms with van der Waals surface area (Å²) in [5.74, 6) is 0.0351. The van der Waals surface area contributed by atoms with Gasteiger partial charge in [-0.15, -0.1) is 5.10 Å². The lowest BCUT2D eigenvalue weighted by Gasteiger charge is -2.24. The summed E-state index contributed by atoms with van der Waals surface area (Å²) in [5.41, 5.74) is 2.23. The number of aromatic nitrogens is 6. The van der Waals surface area contributed by atoms with Gasteiger partial charge < -0.3 is 29.5 Å². The first-order valence-corrected chi connectivity index (χ1v) is 12.0. The van der Waals surface area contributed by atoms with Crippen LogP contribution in [-0.4, -0.2) is 108 Å². The number of aryl methyl sites for hydroxylation is 3. The fraction of sp³-hybridized carbons (Fsp3) is 0.583. The molecular formula is C24H35N7O6. The average Bonchev–Trinajstić information content (AvgIpc) is 3.26. The van der Waals surface area contributed by atoms with E-state index in [0.717, 1.165) is 17.7 Å². The number of aliphatic hydroxyl groups is 3. The van der Waals surface area contributed by atoms with Gasteiger partial charge in [0.05, 0.1) is 24.2 Å². The summed E-state index contributed by atoms with van der Waals surface area (Å²) in [6.07, 6.45) is -3.59. The van der Waals surface area contributed by atoms with Crippen molar-refractivity contribution in [2.24, 2.45) is 7.05 Å². The Bertz CT molecular complexity index is 1290. The fourth-order valence-electron chi connectivity index (χ4n) is 3.86. The molecule has 0 aliphatic heterocycles. The van der Waals surface area contributed by atoms with E-state index in [1.165, 1.54) is 9.25 Å². The van der Waals surface area contributed by atoms with Gasteiger partial charge in [0.2, 0.25) is 5.82 Å². The molecule has 202 valence electrons. The van der Waals surface area contributed by atoms with Gasteiger partial charge in [0, 0.05) is 13.5 Å². The van der Waals surface area contributed by atoms with Crippen LogP contribution in [0.15, 0.2) is 16.9 Å². The van der Waals surface area contributed by atoms with Crippen LogP contribution < -0.4 is 5.56 Å². The maximum absolute atomic E-state index is 13.4. The first-order valence-electron chi connectivity index (χ1n) is 12.0. The van der Waals surface area contributed by atoms with Gasteiger partial charge in [0.25, 0.3) is 5.56 Å². The minimum absolute atomic E-state index is 0.0124. The summed E-state index contributed by atoms with van der Waals surface area (Å²) in [6, 6.07) is 3.59. The Balaban J connectivity index is 1.76. The number of rotatable bonds is 13. The summed E-state index contributed by atoms with van der Waals surface area (Å²) in [7, 11) is 5.42. The Morgan fingerprint density at radius 3 is 2.49 bits per heavy atom. The highest BCUT2D eigenvalue weighted by atomic mass is 16.5. The SMILES string of the molecule is Cc1cc2nc(-c3nnnn3C)c(=O)n(C[C@H](O)[C@H](O)[C@H](O)COCC(=O)CCCN(C)C)c2cc1C. The van der Waals surface area contributed by atoms with Crippen molar-refractivity contribution >= 4 is 16.8 Å². The van der Waals surface area contributed by atoms with E-state index < -0.39 is 23.9 Å². The first kappa shape index (κ1) is 28.5. The summed E-state index contributed by atoms with van der Waals surface area (Å²) >= 11 is 0. The Morgan fingerprint density at radius 1 is 1.14 bits per heavy atom. The largest absolute Gasteiger partial charge is 0.388 e. The highest BCUT2D eigenvalue weighted by molar-refractivity contribution is 5.79. The van der Waals surface area contributed by atoms with Crippen LogP contribution in [-0.2, 0) is 23.1 Å². The van der Waals surface area contributed by atoms with Crippen LogP contribution in [0.5, 0.6) is 0 Å². The number of aliphatic hydroxyl groups excluding tert-OH is 3. The summed E-state index contributed by atoms with van der Waals surface area (Å²) in [5, 5.41) is 42.8. The number of benzene rings is 1. The average molecular weight is 518 g/mol. The van der Waals surface area contributed by atoms with Gasteiger partial charge in [-0.05, 0) is 74.6 Å². The maximum Gasteiger partial charge on any atom is 0.281 e. The zero-order valence-electron chi connectivity index (χ0n) is 21.8. The van der Waals surface area contributed by atoms with Crippen molar-refractivity contribution in [3.63, 3.8) is 0 Å². The third-order valence-corrected chi connectivity index (χ3v) is 6.16. The van der Waals surface area contributed by atoms with Gasteiger partial charge in [0.1, 0.15) is 24.9 Å². The molecule has 0 aliphatic rings. The number of hydrogen-bond donors (Lipinski definition) is 3. The lowest BCUT2D eigenvalue weighted by molar-refractivity contribution is -0.128. The van der Waals surface area contributed by atoms with Crippen LogP contribution in [0.2, 0.25) is 0 Å². The van der Waals surface area contributed by atoms with Gasteiger partial charge in [0.15, 0.2) is 11.5 Å². The number of nitrogens with zero attached hydrogens (tertiary/aromatic N) is 7. The molecule has 0 aliphatic carbocycles. The topological polar surface area (TPSA) is 169 Å². The summed E-state index contributed by atoms with van der Waals surface area (Å²) in [4.78, 5) is 31.8. The van der Waals surface area contributed by atoms with Crippen LogP contribution in [0.1, 0.15) is 24.0 Å². The molecule has 3 aromatic rings. The lowest BCUT2D eigenvalue weighted by Crippen LogP contribution is -2.44. The second kappa shape index (κ2) is 12.4. The minimum atomic E-state index is -1.63. The van der Waals surface area contributed by atoms with Crippen molar-refractivity contribution < 1.29 is 24.9 Å². The molecule has 3 atom stereocenters. The van der Waals surface area contributed by atoms with E-state index in [1.807, 2.05) is 38.9 Å². The minimum Gasteiger partial charge on any atom is -0.388 e. The summed E-state index contributed by atoms with van der Waals surface area (Å²) in [6.45, 7) is 3.69. The predicted octanol–water partition coefficient (Wildman–Crippen LogP) is -0.786. The smallest absolute Gasteiger partial charge is 0.281 e. The molecule has 37 heavy (non-hydrogen) atoms. The third-order valence-electron chi connectivity index (χ3n) is 6.16. The molecule has 0 spiro atoms. The van der Waals surface area contributed by atoms with Crippen LogP contribution in [0.3, 0.4) is 0 Å². The number of hydrogen-bond acceptors (Lipinski definition) is 11. The number of ketones is 1. The standard InChI is InChI=1S/C24H35N7O6/c1-14-9-17-18(10-15(14)2)31(24(36)21(25-17)23-26-27-28-30(23)5)11-19(33)22(35)20(34)13-37-12-16(32)7-6-8-29(3)4/h9-10,19-20,22,33-35H,6-8,11-13H2,1-5H3/t19-,20+,22-/m0/s1. The molecule has 0 bridgehead atoms. The number of carbonyl (C=O) groups is 1. The molecule has 3 N–H and O–H groups in total. The number of ether oxygens (including phenoxy) is 1. The number of fused-ring (bicyclic) bond motifs is 1. The second-order valence-corrected chi connectivity index (χ2v) is 9.51. The van der Waals surface area contributed by atoms with Crippen molar-refractivity contribution in [2.45, 2.75) is 51.5 Å². The second-order valence-electron chi connectivity index (χ2n) is 9.51. The molecule has 0 amide bonds. The molecule has 3 rings (SSSR count). The predicted molar refractivity (Wildman–Crippen MR) is 135 cm³/mol. The quantitative estimate of drug-likeness (QED) is 0.260. The number of Topliss-reactive ketones (excluding diaryl/α,β-unsaturated/α-hetero) is 1. The van der Waals surface area contributed by atoms with E-state index in [-0.39, 0.29) is 37.1 Å². The number of carbonyl (C=O) groups excluding carboxylic acids is 1. The Labute approximate surface area is 214 Å². The van der Waals surface area contributed by atoms with E-state index in [1.54, 1.807) is 13.1 Å². The van der Waals surface area contributed by atoms with Crippen molar-refractivity contribution in [3.8, 4) is 11.5 Å². The normalized spacial score (nSPS) is 14.3. The monoisotopic (exact) mass is 517 g/mol. The van der Waals surface area contributed by atoms with E-state index >= 15 is 0 Å². The molecule has 0 unspecified atom stereocenters. The summed E-state index contributed by atoms with van der Waals surface area (Å²) < 4.78 is 7.85. The van der Waals surface area contributed by atoms with E-state index in [9.17, 15) is 24.9 Å². The van der Waals surface area contributed by atoms with Crippen LogP contribution in [0.25, 0.3) is 22.6 Å². The van der Waals surface area contributed by atoms with Gasteiger partial charge in [-0.2, -0.15) is 0 Å². The van der Waals surface area contributed by atoms with Crippen LogP contribution in [0, 0.1) is 13.8 Å². The molecule has 0 fully saturated rings. The molecular weight excluding hydrogens is 482 g/mol. The first-order chi connectivity index (χ1) is 17.5. The third kappa shape index (κ3) is 7.02. The van der Waals surface area contributed by atoms with Gasteiger partial charge in [-0.1, -0.05) is 0 Å². The molecule has 0 saturated heterocycles. The van der Waals surface area contributed by atoms with Crippen molar-refractivity contribution in [3.05, 3.63) is 33.6 Å². The van der Waals surface area contributed by atoms with E-state index in [2.05, 4.69) is 20.5 Å². The molecule has 13 nitrogen and oxygen atoms in total. The molecule has 0 radical (unpaired) electrons. The van der Waals surface area contributed by atoms with Gasteiger partial charge >= 0.3 is 0 Å². The zero-order valence-corrected chi connectivity index (χ0v) is 21.8. The Hall–Kier alpha value is -3.10. The highest BCUT2D eigenvalue weighted by Crippen LogP contribution is 2.20. The fourth-order valence-corrected chi connectivity index (χ4v) is 3.86. The Morgan fingerprint density at radius 2 is 1.84 bits per heavy atom. The number of tetrazole rings is 1.